The van der Waals surface area contributed by atoms with Crippen LogP contribution in [0, 0.1) is 28.6 Å². The monoisotopic (exact) mass is 371 g/mol. The van der Waals surface area contributed by atoms with Crippen molar-refractivity contribution in [3.8, 4) is 0 Å². The minimum Gasteiger partial charge on any atom is -0.393 e. The van der Waals surface area contributed by atoms with Gasteiger partial charge in [-0.1, -0.05) is 25.5 Å². The summed E-state index contributed by atoms with van der Waals surface area (Å²) in [6.07, 6.45) is 9.39. The van der Waals surface area contributed by atoms with Crippen molar-refractivity contribution in [2.24, 2.45) is 28.6 Å². The first kappa shape index (κ1) is 17.9. The van der Waals surface area contributed by atoms with Gasteiger partial charge >= 0.3 is 0 Å². The van der Waals surface area contributed by atoms with E-state index in [4.69, 9.17) is 0 Å². The van der Waals surface area contributed by atoms with E-state index in [1.807, 2.05) is 4.90 Å². The summed E-state index contributed by atoms with van der Waals surface area (Å²) in [6.45, 7) is 8.07. The Balaban J connectivity index is 1.52. The molecule has 0 spiro atoms. The number of aliphatic hydroxyl groups excluding tert-OH is 1. The number of likely N-dealkylation sites (tertiary alicyclic amines) is 1. The van der Waals surface area contributed by atoms with E-state index >= 15 is 0 Å². The lowest BCUT2D eigenvalue weighted by Gasteiger charge is -2.58. The van der Waals surface area contributed by atoms with Gasteiger partial charge in [-0.05, 0) is 75.0 Å². The van der Waals surface area contributed by atoms with Gasteiger partial charge in [0.1, 0.15) is 5.54 Å². The molecule has 4 nitrogen and oxygen atoms in total. The topological polar surface area (TPSA) is 57.4 Å². The standard InChI is InChI=1S/C23H33NO3/c1-13(25)23-20(24(23)14(2)26)12-19-17-6-5-15-11-16(27)7-9-21(15,3)18(17)8-10-22(19,23)4/h5,16-20,27H,6-12H2,1-4H3/t16-,17-,18+,19+,20+,21-,22-,23+,24?/m0/s1. The van der Waals surface area contributed by atoms with Gasteiger partial charge in [0.05, 0.1) is 12.1 Å². The van der Waals surface area contributed by atoms with E-state index < -0.39 is 5.54 Å². The molecule has 8 atom stereocenters. The van der Waals surface area contributed by atoms with Crippen molar-refractivity contribution in [3.63, 3.8) is 0 Å². The Morgan fingerprint density at radius 3 is 2.56 bits per heavy atom. The SMILES string of the molecule is CC(=O)N1[C@@H]2C[C@@H]3[C@H]4CC=C5C[C@@H](O)CC[C@]5(C)[C@@H]4CC[C@]3(C)[C@@]21C(C)=O. The lowest BCUT2D eigenvalue weighted by Crippen LogP contribution is -2.56. The first-order valence-electron chi connectivity index (χ1n) is 10.9. The van der Waals surface area contributed by atoms with Gasteiger partial charge in [0.2, 0.25) is 5.91 Å². The third kappa shape index (κ3) is 1.89. The summed E-state index contributed by atoms with van der Waals surface area (Å²) in [7, 11) is 0. The average Bonchev–Trinajstić information content (AvgIpc) is 3.21. The zero-order chi connectivity index (χ0) is 19.4. The summed E-state index contributed by atoms with van der Waals surface area (Å²) in [6, 6.07) is 0.132. The maximum atomic E-state index is 12.8. The number of rotatable bonds is 1. The molecule has 4 heteroatoms. The molecule has 0 aromatic rings. The van der Waals surface area contributed by atoms with Crippen LogP contribution >= 0.6 is 0 Å². The second-order valence-electron chi connectivity index (χ2n) is 10.6. The Bertz CT molecular complexity index is 759. The summed E-state index contributed by atoms with van der Waals surface area (Å²) in [4.78, 5) is 27.0. The third-order valence-electron chi connectivity index (χ3n) is 9.80. The predicted molar refractivity (Wildman–Crippen MR) is 103 cm³/mol. The molecule has 5 aliphatic rings. The van der Waals surface area contributed by atoms with Crippen molar-refractivity contribution >= 4 is 11.7 Å². The van der Waals surface area contributed by atoms with E-state index in [0.29, 0.717) is 17.8 Å². The molecule has 148 valence electrons. The summed E-state index contributed by atoms with van der Waals surface area (Å²) in [5, 5.41) is 10.2. The van der Waals surface area contributed by atoms with Gasteiger partial charge in [-0.25, -0.2) is 0 Å². The molecule has 1 aliphatic heterocycles. The van der Waals surface area contributed by atoms with E-state index in [1.165, 1.54) is 5.57 Å². The number of fused-ring (bicyclic) bond motifs is 7. The maximum absolute atomic E-state index is 12.8. The van der Waals surface area contributed by atoms with E-state index in [2.05, 4.69) is 19.9 Å². The molecular formula is C23H33NO3. The van der Waals surface area contributed by atoms with Crippen LogP contribution in [0.3, 0.4) is 0 Å². The molecule has 3 saturated carbocycles. The molecule has 5 rings (SSSR count). The molecule has 0 unspecified atom stereocenters. The van der Waals surface area contributed by atoms with Crippen LogP contribution in [0.5, 0.6) is 0 Å². The Hall–Kier alpha value is -1.16. The number of nitrogens with zero attached hydrogens (tertiary/aromatic N) is 1. The maximum Gasteiger partial charge on any atom is 0.220 e. The Labute approximate surface area is 162 Å². The van der Waals surface area contributed by atoms with Gasteiger partial charge < -0.3 is 10.0 Å². The quantitative estimate of drug-likeness (QED) is 0.567. The van der Waals surface area contributed by atoms with Crippen LogP contribution in [0.15, 0.2) is 11.6 Å². The Morgan fingerprint density at radius 1 is 1.15 bits per heavy atom. The highest BCUT2D eigenvalue weighted by atomic mass is 16.3. The molecule has 0 radical (unpaired) electrons. The van der Waals surface area contributed by atoms with E-state index in [9.17, 15) is 14.7 Å². The van der Waals surface area contributed by atoms with Gasteiger partial charge in [-0.15, -0.1) is 0 Å². The van der Waals surface area contributed by atoms with Gasteiger partial charge in [0.15, 0.2) is 5.78 Å². The molecule has 1 heterocycles. The Kier molecular flexibility index (Phi) is 3.48. The molecule has 0 aromatic carbocycles. The highest BCUT2D eigenvalue weighted by Gasteiger charge is 2.82. The van der Waals surface area contributed by atoms with E-state index in [0.717, 1.165) is 44.9 Å². The molecule has 4 aliphatic carbocycles. The molecule has 1 saturated heterocycles. The van der Waals surface area contributed by atoms with Gasteiger partial charge in [-0.2, -0.15) is 0 Å². The lowest BCUT2D eigenvalue weighted by atomic mass is 9.46. The van der Waals surface area contributed by atoms with Crippen molar-refractivity contribution in [2.75, 3.05) is 0 Å². The number of hydrogen-bond acceptors (Lipinski definition) is 3. The first-order valence-corrected chi connectivity index (χ1v) is 10.9. The minimum atomic E-state index is -0.526. The zero-order valence-electron chi connectivity index (χ0n) is 17.1. The van der Waals surface area contributed by atoms with Crippen LogP contribution in [-0.4, -0.2) is 39.4 Å². The number of ketones is 1. The number of aliphatic hydroxyl groups is 1. The normalized spacial score (nSPS) is 52.9. The van der Waals surface area contributed by atoms with Crippen molar-refractivity contribution < 1.29 is 14.7 Å². The van der Waals surface area contributed by atoms with Crippen LogP contribution in [0.2, 0.25) is 0 Å². The second kappa shape index (κ2) is 5.25. The third-order valence-corrected chi connectivity index (χ3v) is 9.80. The predicted octanol–water partition coefficient (Wildman–Crippen LogP) is 3.48. The fourth-order valence-electron chi connectivity index (χ4n) is 8.66. The fourth-order valence-corrected chi connectivity index (χ4v) is 8.66. The molecule has 1 amide bonds. The lowest BCUT2D eigenvalue weighted by molar-refractivity contribution is -0.139. The molecule has 0 aromatic heterocycles. The van der Waals surface area contributed by atoms with Crippen LogP contribution in [0.25, 0.3) is 0 Å². The molecular weight excluding hydrogens is 338 g/mol. The Morgan fingerprint density at radius 2 is 1.89 bits per heavy atom. The summed E-state index contributed by atoms with van der Waals surface area (Å²) >= 11 is 0. The van der Waals surface area contributed by atoms with Crippen molar-refractivity contribution in [1.82, 2.24) is 4.90 Å². The molecule has 4 fully saturated rings. The molecule has 1 N–H and O–H groups in total. The fraction of sp³-hybridized carbons (Fsp3) is 0.826. The molecule has 0 bridgehead atoms. The summed E-state index contributed by atoms with van der Waals surface area (Å²) in [5.74, 6) is 2.07. The summed E-state index contributed by atoms with van der Waals surface area (Å²) < 4.78 is 0. The van der Waals surface area contributed by atoms with Crippen molar-refractivity contribution in [2.45, 2.75) is 90.3 Å². The largest absolute Gasteiger partial charge is 0.393 e. The smallest absolute Gasteiger partial charge is 0.220 e. The number of Topliss-reactive ketones (excluding diaryl/α,β-unsaturated/α-hetero) is 1. The van der Waals surface area contributed by atoms with Gasteiger partial charge in [0, 0.05) is 12.3 Å². The highest BCUT2D eigenvalue weighted by molar-refractivity contribution is 5.99. The van der Waals surface area contributed by atoms with Crippen molar-refractivity contribution in [1.29, 1.82) is 0 Å². The number of amides is 1. The minimum absolute atomic E-state index is 0.0658. The van der Waals surface area contributed by atoms with Crippen LogP contribution in [0.1, 0.15) is 72.6 Å². The van der Waals surface area contributed by atoms with Gasteiger partial charge in [0.25, 0.3) is 0 Å². The number of carbonyl (C=O) groups is 2. The van der Waals surface area contributed by atoms with Crippen LogP contribution < -0.4 is 0 Å². The van der Waals surface area contributed by atoms with Crippen LogP contribution in [-0.2, 0) is 9.59 Å². The number of hydrogen-bond donors (Lipinski definition) is 1. The summed E-state index contributed by atoms with van der Waals surface area (Å²) in [5.41, 5.74) is 1.11. The first-order chi connectivity index (χ1) is 12.7. The zero-order valence-corrected chi connectivity index (χ0v) is 17.1. The van der Waals surface area contributed by atoms with Crippen LogP contribution in [0.4, 0.5) is 0 Å². The van der Waals surface area contributed by atoms with E-state index in [1.54, 1.807) is 13.8 Å². The van der Waals surface area contributed by atoms with E-state index in [-0.39, 0.29) is 34.7 Å². The number of carbonyl (C=O) groups excluding carboxylic acids is 2. The highest BCUT2D eigenvalue weighted by Crippen LogP contribution is 2.74. The number of piperidine rings is 1. The molecule has 27 heavy (non-hydrogen) atoms. The second-order valence-corrected chi connectivity index (χ2v) is 10.6. The number of allylic oxidation sites excluding steroid dienone is 1. The average molecular weight is 372 g/mol. The van der Waals surface area contributed by atoms with Gasteiger partial charge in [-0.3, -0.25) is 9.59 Å². The van der Waals surface area contributed by atoms with Crippen molar-refractivity contribution in [3.05, 3.63) is 11.6 Å².